The third-order valence-electron chi connectivity index (χ3n) is 3.91. The van der Waals surface area contributed by atoms with Gasteiger partial charge in [-0.3, -0.25) is 9.69 Å². The molecule has 2 saturated carbocycles. The van der Waals surface area contributed by atoms with Gasteiger partial charge in [0.05, 0.1) is 12.6 Å². The Balaban J connectivity index is 1.60. The topological polar surface area (TPSA) is 52.6 Å². The summed E-state index contributed by atoms with van der Waals surface area (Å²) in [4.78, 5) is 13.8. The van der Waals surface area contributed by atoms with Crippen molar-refractivity contribution >= 4 is 5.91 Å². The van der Waals surface area contributed by atoms with E-state index in [4.69, 9.17) is 0 Å². The maximum Gasteiger partial charge on any atom is 0.234 e. The number of hydrogen-bond donors (Lipinski definition) is 2. The summed E-state index contributed by atoms with van der Waals surface area (Å²) in [6, 6.07) is 0.418. The van der Waals surface area contributed by atoms with Gasteiger partial charge in [0.15, 0.2) is 0 Å². The minimum Gasteiger partial charge on any atom is -0.393 e. The molecule has 2 fully saturated rings. The van der Waals surface area contributed by atoms with Crippen molar-refractivity contribution in [2.45, 2.75) is 50.7 Å². The minimum atomic E-state index is -0.0966. The molecule has 0 aromatic heterocycles. The summed E-state index contributed by atoms with van der Waals surface area (Å²) in [6.07, 6.45) is 6.49. The lowest BCUT2D eigenvalue weighted by Crippen LogP contribution is -2.43. The summed E-state index contributed by atoms with van der Waals surface area (Å²) in [5.74, 6) is 0.730. The number of hydrogen-bond acceptors (Lipinski definition) is 3. The lowest BCUT2D eigenvalue weighted by Gasteiger charge is -2.34. The van der Waals surface area contributed by atoms with E-state index in [1.165, 1.54) is 12.8 Å². The molecule has 0 saturated heterocycles. The molecule has 2 N–H and O–H groups in total. The monoisotopic (exact) mass is 240 g/mol. The molecule has 0 aliphatic heterocycles. The van der Waals surface area contributed by atoms with Crippen LogP contribution in [0.15, 0.2) is 0 Å². The maximum atomic E-state index is 11.8. The molecular weight excluding hydrogens is 216 g/mol. The molecule has 2 aliphatic rings. The van der Waals surface area contributed by atoms with Crippen molar-refractivity contribution in [3.05, 3.63) is 0 Å². The average molecular weight is 240 g/mol. The lowest BCUT2D eigenvalue weighted by molar-refractivity contribution is -0.122. The van der Waals surface area contributed by atoms with Gasteiger partial charge < -0.3 is 10.4 Å². The summed E-state index contributed by atoms with van der Waals surface area (Å²) in [6.45, 7) is 1.41. The maximum absolute atomic E-state index is 11.8. The molecule has 0 aromatic carbocycles. The highest BCUT2D eigenvalue weighted by Gasteiger charge is 2.28. The summed E-state index contributed by atoms with van der Waals surface area (Å²) >= 11 is 0. The molecule has 0 unspecified atom stereocenters. The number of amides is 1. The molecule has 2 aliphatic carbocycles. The van der Waals surface area contributed by atoms with Crippen molar-refractivity contribution in [1.82, 2.24) is 10.2 Å². The zero-order valence-electron chi connectivity index (χ0n) is 10.7. The first-order valence-electron chi connectivity index (χ1n) is 6.79. The Bertz CT molecular complexity index is 258. The van der Waals surface area contributed by atoms with E-state index in [1.807, 2.05) is 7.05 Å². The van der Waals surface area contributed by atoms with E-state index in [-0.39, 0.29) is 12.0 Å². The molecule has 0 spiro atoms. The van der Waals surface area contributed by atoms with Crippen molar-refractivity contribution in [3.63, 3.8) is 0 Å². The van der Waals surface area contributed by atoms with Gasteiger partial charge in [0.2, 0.25) is 5.91 Å². The van der Waals surface area contributed by atoms with Crippen LogP contribution in [0.1, 0.15) is 38.5 Å². The number of aliphatic hydroxyl groups is 1. The normalized spacial score (nSPS) is 29.4. The molecule has 0 aromatic rings. The van der Waals surface area contributed by atoms with Crippen LogP contribution in [0.2, 0.25) is 0 Å². The van der Waals surface area contributed by atoms with Crippen LogP contribution in [0.3, 0.4) is 0 Å². The first-order chi connectivity index (χ1) is 8.13. The second-order valence-electron chi connectivity index (χ2n) is 5.74. The number of rotatable bonds is 5. The van der Waals surface area contributed by atoms with E-state index in [2.05, 4.69) is 10.2 Å². The van der Waals surface area contributed by atoms with Gasteiger partial charge >= 0.3 is 0 Å². The van der Waals surface area contributed by atoms with Gasteiger partial charge in [0.25, 0.3) is 0 Å². The molecule has 98 valence electrons. The van der Waals surface area contributed by atoms with Crippen molar-refractivity contribution in [2.75, 3.05) is 20.1 Å². The highest BCUT2D eigenvalue weighted by molar-refractivity contribution is 5.78. The van der Waals surface area contributed by atoms with E-state index < -0.39 is 0 Å². The van der Waals surface area contributed by atoms with Crippen molar-refractivity contribution in [3.8, 4) is 0 Å². The SMILES string of the molecule is CN(CC(=O)NC1CCCC1)CC1CC(O)C1. The largest absolute Gasteiger partial charge is 0.393 e. The van der Waals surface area contributed by atoms with E-state index in [0.29, 0.717) is 18.5 Å². The Morgan fingerprint density at radius 1 is 1.35 bits per heavy atom. The zero-order chi connectivity index (χ0) is 12.3. The first kappa shape index (κ1) is 12.8. The minimum absolute atomic E-state index is 0.0966. The van der Waals surface area contributed by atoms with Gasteiger partial charge in [-0.1, -0.05) is 12.8 Å². The van der Waals surface area contributed by atoms with Gasteiger partial charge in [0, 0.05) is 12.6 Å². The molecule has 4 nitrogen and oxygen atoms in total. The number of nitrogens with zero attached hydrogens (tertiary/aromatic N) is 1. The first-order valence-corrected chi connectivity index (χ1v) is 6.79. The third-order valence-corrected chi connectivity index (χ3v) is 3.91. The summed E-state index contributed by atoms with van der Waals surface area (Å²) in [5, 5.41) is 12.3. The molecular formula is C13H24N2O2. The van der Waals surface area contributed by atoms with Gasteiger partial charge in [-0.25, -0.2) is 0 Å². The molecule has 2 rings (SSSR count). The highest BCUT2D eigenvalue weighted by atomic mass is 16.3. The standard InChI is InChI=1S/C13H24N2O2/c1-15(8-10-6-12(16)7-10)9-13(17)14-11-4-2-3-5-11/h10-12,16H,2-9H2,1H3,(H,14,17). The average Bonchev–Trinajstić information content (AvgIpc) is 2.67. The van der Waals surface area contributed by atoms with E-state index >= 15 is 0 Å². The quantitative estimate of drug-likeness (QED) is 0.745. The van der Waals surface area contributed by atoms with Crippen LogP contribution in [-0.4, -0.2) is 48.2 Å². The Hall–Kier alpha value is -0.610. The fourth-order valence-electron chi connectivity index (χ4n) is 2.94. The second kappa shape index (κ2) is 5.83. The molecule has 0 bridgehead atoms. The molecule has 0 radical (unpaired) electrons. The fourth-order valence-corrected chi connectivity index (χ4v) is 2.94. The summed E-state index contributed by atoms with van der Waals surface area (Å²) < 4.78 is 0. The van der Waals surface area contributed by atoms with Gasteiger partial charge in [-0.05, 0) is 38.6 Å². The lowest BCUT2D eigenvalue weighted by atomic mass is 9.82. The molecule has 1 amide bonds. The number of carbonyl (C=O) groups excluding carboxylic acids is 1. The number of carbonyl (C=O) groups is 1. The number of nitrogens with one attached hydrogen (secondary N) is 1. The predicted octanol–water partition coefficient (Wildman–Crippen LogP) is 0.748. The Kier molecular flexibility index (Phi) is 4.40. The summed E-state index contributed by atoms with van der Waals surface area (Å²) in [5.41, 5.74) is 0. The predicted molar refractivity (Wildman–Crippen MR) is 66.6 cm³/mol. The molecule has 0 atom stereocenters. The van der Waals surface area contributed by atoms with Crippen LogP contribution in [0.25, 0.3) is 0 Å². The second-order valence-corrected chi connectivity index (χ2v) is 5.74. The smallest absolute Gasteiger partial charge is 0.234 e. The Morgan fingerprint density at radius 2 is 2.00 bits per heavy atom. The number of aliphatic hydroxyl groups excluding tert-OH is 1. The third kappa shape index (κ3) is 3.96. The van der Waals surface area contributed by atoms with Crippen molar-refractivity contribution in [1.29, 1.82) is 0 Å². The molecule has 0 heterocycles. The van der Waals surface area contributed by atoms with E-state index in [0.717, 1.165) is 32.2 Å². The van der Waals surface area contributed by atoms with Crippen molar-refractivity contribution < 1.29 is 9.90 Å². The van der Waals surface area contributed by atoms with Crippen LogP contribution in [0.4, 0.5) is 0 Å². The fraction of sp³-hybridized carbons (Fsp3) is 0.923. The highest BCUT2D eigenvalue weighted by Crippen LogP contribution is 2.27. The van der Waals surface area contributed by atoms with Gasteiger partial charge in [-0.15, -0.1) is 0 Å². The molecule has 17 heavy (non-hydrogen) atoms. The zero-order valence-corrected chi connectivity index (χ0v) is 10.7. The van der Waals surface area contributed by atoms with Crippen LogP contribution >= 0.6 is 0 Å². The van der Waals surface area contributed by atoms with E-state index in [1.54, 1.807) is 0 Å². The van der Waals surface area contributed by atoms with Crippen LogP contribution < -0.4 is 5.32 Å². The number of likely N-dealkylation sites (N-methyl/N-ethyl adjacent to an activating group) is 1. The molecule has 4 heteroatoms. The van der Waals surface area contributed by atoms with Gasteiger partial charge in [-0.2, -0.15) is 0 Å². The Labute approximate surface area is 103 Å². The van der Waals surface area contributed by atoms with E-state index in [9.17, 15) is 9.90 Å². The Morgan fingerprint density at radius 3 is 2.59 bits per heavy atom. The van der Waals surface area contributed by atoms with Gasteiger partial charge in [0.1, 0.15) is 0 Å². The summed E-state index contributed by atoms with van der Waals surface area (Å²) in [7, 11) is 1.99. The van der Waals surface area contributed by atoms with Crippen LogP contribution in [-0.2, 0) is 4.79 Å². The van der Waals surface area contributed by atoms with Crippen LogP contribution in [0.5, 0.6) is 0 Å². The van der Waals surface area contributed by atoms with Crippen molar-refractivity contribution in [2.24, 2.45) is 5.92 Å². The van der Waals surface area contributed by atoms with Crippen LogP contribution in [0, 0.1) is 5.92 Å².